The zero-order chi connectivity index (χ0) is 29.6. The third kappa shape index (κ3) is 6.06. The van der Waals surface area contributed by atoms with Crippen LogP contribution in [0.2, 0.25) is 0 Å². The maximum Gasteiger partial charge on any atom is 0.283 e. The Bertz CT molecular complexity index is 1650. The third-order valence-corrected chi connectivity index (χ3v) is 6.78. The van der Waals surface area contributed by atoms with Crippen LogP contribution in [0.15, 0.2) is 108 Å². The predicted octanol–water partition coefficient (Wildman–Crippen LogP) is 5.97. The molecule has 3 amide bonds. The summed E-state index contributed by atoms with van der Waals surface area (Å²) < 4.78 is 16.3. The van der Waals surface area contributed by atoms with E-state index < -0.39 is 11.8 Å². The van der Waals surface area contributed by atoms with Gasteiger partial charge in [-0.15, -0.1) is 0 Å². The molecule has 0 bridgehead atoms. The van der Waals surface area contributed by atoms with Gasteiger partial charge in [-0.1, -0.05) is 41.9 Å². The number of carbonyl (C=O) groups is 3. The van der Waals surface area contributed by atoms with E-state index in [9.17, 15) is 14.4 Å². The molecule has 10 heteroatoms. The molecule has 2 N–H and O–H groups in total. The molecule has 0 fully saturated rings. The highest BCUT2D eigenvalue weighted by molar-refractivity contribution is 6.53. The Morgan fingerprint density at radius 1 is 0.786 bits per heavy atom. The molecule has 42 heavy (non-hydrogen) atoms. The molecule has 1 aliphatic heterocycles. The molecule has 0 aliphatic carbocycles. The summed E-state index contributed by atoms with van der Waals surface area (Å²) in [7, 11) is 2.90. The lowest BCUT2D eigenvalue weighted by atomic mass is 10.2. The number of benzene rings is 4. The fourth-order valence-electron chi connectivity index (χ4n) is 4.23. The minimum atomic E-state index is -0.705. The largest absolute Gasteiger partial charge is 0.497 e. The van der Waals surface area contributed by atoms with Crippen molar-refractivity contribution in [2.45, 2.75) is 6.61 Å². The molecule has 0 spiro atoms. The number of methoxy groups -OCH3 is 2. The maximum atomic E-state index is 13.2. The first-order valence-electron chi connectivity index (χ1n) is 12.8. The number of halogens is 1. The molecule has 0 saturated carbocycles. The second kappa shape index (κ2) is 12.5. The van der Waals surface area contributed by atoms with Crippen molar-refractivity contribution in [1.29, 1.82) is 0 Å². The number of hydrogen-bond acceptors (Lipinski definition) is 7. The van der Waals surface area contributed by atoms with Crippen molar-refractivity contribution in [1.82, 2.24) is 0 Å². The van der Waals surface area contributed by atoms with E-state index in [-0.39, 0.29) is 22.3 Å². The molecule has 0 atom stereocenters. The Morgan fingerprint density at radius 2 is 1.45 bits per heavy atom. The van der Waals surface area contributed by atoms with Crippen LogP contribution in [0, 0.1) is 0 Å². The van der Waals surface area contributed by atoms with Crippen LogP contribution in [0.1, 0.15) is 15.9 Å². The van der Waals surface area contributed by atoms with E-state index in [0.717, 1.165) is 10.5 Å². The predicted molar refractivity (Wildman–Crippen MR) is 160 cm³/mol. The number of hydrogen-bond donors (Lipinski definition) is 2. The smallest absolute Gasteiger partial charge is 0.283 e. The summed E-state index contributed by atoms with van der Waals surface area (Å²) >= 11 is 6.28. The van der Waals surface area contributed by atoms with Gasteiger partial charge in [0.15, 0.2) is 0 Å². The fourth-order valence-corrected chi connectivity index (χ4v) is 4.44. The van der Waals surface area contributed by atoms with Crippen LogP contribution in [0.3, 0.4) is 0 Å². The molecule has 0 aromatic heterocycles. The van der Waals surface area contributed by atoms with E-state index in [1.54, 1.807) is 60.7 Å². The molecule has 0 unspecified atom stereocenters. The minimum Gasteiger partial charge on any atom is -0.497 e. The summed E-state index contributed by atoms with van der Waals surface area (Å²) in [6.07, 6.45) is 0. The first-order valence-corrected chi connectivity index (χ1v) is 13.2. The van der Waals surface area contributed by atoms with Crippen molar-refractivity contribution in [3.05, 3.63) is 119 Å². The SMILES string of the molecule is COc1ccc(OC)c(N2C(=O)C(Cl)=C(Nc3ccc(C(=O)Nc4ccc(OCc5ccccc5)cc4)cc3)C2=O)c1. The molecule has 4 aromatic rings. The van der Waals surface area contributed by atoms with Gasteiger partial charge in [0.05, 0.1) is 19.9 Å². The summed E-state index contributed by atoms with van der Waals surface area (Å²) in [4.78, 5) is 39.9. The molecule has 1 heterocycles. The highest BCUT2D eigenvalue weighted by Gasteiger charge is 2.40. The number of amides is 3. The Labute approximate surface area is 247 Å². The number of nitrogens with zero attached hydrogens (tertiary/aromatic N) is 1. The van der Waals surface area contributed by atoms with Gasteiger partial charge in [-0.25, -0.2) is 4.90 Å². The number of nitrogens with one attached hydrogen (secondary N) is 2. The van der Waals surface area contributed by atoms with Crippen LogP contribution in [-0.4, -0.2) is 31.9 Å². The van der Waals surface area contributed by atoms with Gasteiger partial charge in [0.1, 0.15) is 34.6 Å². The van der Waals surface area contributed by atoms with Gasteiger partial charge in [0.2, 0.25) is 0 Å². The summed E-state index contributed by atoms with van der Waals surface area (Å²) in [6, 6.07) is 28.1. The molecular formula is C32H26ClN3O6. The van der Waals surface area contributed by atoms with Crippen molar-refractivity contribution in [3.8, 4) is 17.2 Å². The van der Waals surface area contributed by atoms with Gasteiger partial charge in [-0.3, -0.25) is 14.4 Å². The molecule has 0 radical (unpaired) electrons. The number of imide groups is 1. The van der Waals surface area contributed by atoms with Crippen molar-refractivity contribution < 1.29 is 28.6 Å². The first kappa shape index (κ1) is 28.3. The summed E-state index contributed by atoms with van der Waals surface area (Å²) in [5, 5.41) is 5.47. The van der Waals surface area contributed by atoms with E-state index in [4.69, 9.17) is 25.8 Å². The van der Waals surface area contributed by atoms with Gasteiger partial charge < -0.3 is 24.8 Å². The molecule has 9 nitrogen and oxygen atoms in total. The molecule has 4 aromatic carbocycles. The summed E-state index contributed by atoms with van der Waals surface area (Å²) in [5.74, 6) is -0.264. The third-order valence-electron chi connectivity index (χ3n) is 6.43. The van der Waals surface area contributed by atoms with Gasteiger partial charge >= 0.3 is 0 Å². The van der Waals surface area contributed by atoms with Gasteiger partial charge in [-0.05, 0) is 66.2 Å². The van der Waals surface area contributed by atoms with E-state index in [1.165, 1.54) is 20.3 Å². The van der Waals surface area contributed by atoms with Crippen molar-refractivity contribution in [2.75, 3.05) is 29.8 Å². The average molecular weight is 584 g/mol. The zero-order valence-corrected chi connectivity index (χ0v) is 23.5. The molecular weight excluding hydrogens is 558 g/mol. The van der Waals surface area contributed by atoms with Crippen LogP contribution in [0.25, 0.3) is 0 Å². The Morgan fingerprint density at radius 3 is 2.12 bits per heavy atom. The topological polar surface area (TPSA) is 106 Å². The van der Waals surface area contributed by atoms with Crippen LogP contribution >= 0.6 is 11.6 Å². The van der Waals surface area contributed by atoms with Crippen molar-refractivity contribution >= 4 is 46.4 Å². The van der Waals surface area contributed by atoms with E-state index in [1.807, 2.05) is 30.3 Å². The van der Waals surface area contributed by atoms with Crippen molar-refractivity contribution in [3.63, 3.8) is 0 Å². The maximum absolute atomic E-state index is 13.2. The zero-order valence-electron chi connectivity index (χ0n) is 22.7. The van der Waals surface area contributed by atoms with E-state index in [0.29, 0.717) is 40.8 Å². The lowest BCUT2D eigenvalue weighted by molar-refractivity contribution is -0.120. The summed E-state index contributed by atoms with van der Waals surface area (Å²) in [5.41, 5.74) is 2.61. The lowest BCUT2D eigenvalue weighted by Gasteiger charge is -2.19. The highest BCUT2D eigenvalue weighted by Crippen LogP contribution is 2.38. The van der Waals surface area contributed by atoms with E-state index in [2.05, 4.69) is 10.6 Å². The quantitative estimate of drug-likeness (QED) is 0.222. The Kier molecular flexibility index (Phi) is 8.40. The second-order valence-corrected chi connectivity index (χ2v) is 9.51. The number of ether oxygens (including phenoxy) is 3. The Hall–Kier alpha value is -5.28. The molecule has 0 saturated heterocycles. The molecule has 5 rings (SSSR count). The molecule has 1 aliphatic rings. The molecule has 212 valence electrons. The lowest BCUT2D eigenvalue weighted by Crippen LogP contribution is -2.32. The summed E-state index contributed by atoms with van der Waals surface area (Å²) in [6.45, 7) is 0.446. The second-order valence-electron chi connectivity index (χ2n) is 9.13. The monoisotopic (exact) mass is 583 g/mol. The van der Waals surface area contributed by atoms with Crippen LogP contribution in [0.4, 0.5) is 17.1 Å². The van der Waals surface area contributed by atoms with E-state index >= 15 is 0 Å². The Balaban J connectivity index is 1.22. The minimum absolute atomic E-state index is 0.0988. The number of rotatable bonds is 10. The fraction of sp³-hybridized carbons (Fsp3) is 0.0938. The highest BCUT2D eigenvalue weighted by atomic mass is 35.5. The van der Waals surface area contributed by atoms with Crippen molar-refractivity contribution in [2.24, 2.45) is 0 Å². The number of anilines is 3. The standard InChI is InChI=1S/C32H26ClN3O6/c1-40-25-16-17-27(41-2)26(18-25)36-31(38)28(33)29(32(36)39)34-22-10-8-21(9-11-22)30(37)35-23-12-14-24(15-13-23)42-19-20-6-4-3-5-7-20/h3-18,34H,19H2,1-2H3,(H,35,37). The van der Waals surface area contributed by atoms with Gasteiger partial charge in [-0.2, -0.15) is 0 Å². The van der Waals surface area contributed by atoms with Crippen LogP contribution < -0.4 is 29.7 Å². The normalized spacial score (nSPS) is 12.8. The van der Waals surface area contributed by atoms with Gasteiger partial charge in [0, 0.05) is 23.0 Å². The van der Waals surface area contributed by atoms with Crippen LogP contribution in [0.5, 0.6) is 17.2 Å². The van der Waals surface area contributed by atoms with Gasteiger partial charge in [0.25, 0.3) is 17.7 Å². The first-order chi connectivity index (χ1) is 20.4. The van der Waals surface area contributed by atoms with Crippen LogP contribution in [-0.2, 0) is 16.2 Å². The number of carbonyl (C=O) groups excluding carboxylic acids is 3. The average Bonchev–Trinajstić information content (AvgIpc) is 3.23.